The first-order valence-corrected chi connectivity index (χ1v) is 5.68. The maximum absolute atomic E-state index is 11.3. The molecule has 0 aliphatic carbocycles. The van der Waals surface area contributed by atoms with Gasteiger partial charge in [-0.2, -0.15) is 0 Å². The van der Waals surface area contributed by atoms with Gasteiger partial charge in [0.2, 0.25) is 0 Å². The Labute approximate surface area is 101 Å². The van der Waals surface area contributed by atoms with Crippen molar-refractivity contribution in [3.63, 3.8) is 0 Å². The number of ether oxygens (including phenoxy) is 1. The van der Waals surface area contributed by atoms with Crippen LogP contribution in [0.25, 0.3) is 0 Å². The Morgan fingerprint density at radius 3 is 2.81 bits per heavy atom. The van der Waals surface area contributed by atoms with Gasteiger partial charge < -0.3 is 10.5 Å². The van der Waals surface area contributed by atoms with E-state index in [0.717, 1.165) is 5.56 Å². The van der Waals surface area contributed by atoms with Gasteiger partial charge in [0.25, 0.3) is 0 Å². The van der Waals surface area contributed by atoms with Gasteiger partial charge in [0.15, 0.2) is 0 Å². The van der Waals surface area contributed by atoms with Crippen LogP contribution in [-0.4, -0.2) is 18.6 Å². The highest BCUT2D eigenvalue weighted by molar-refractivity contribution is 6.31. The number of aryl methyl sites for hydroxylation is 1. The van der Waals surface area contributed by atoms with Crippen molar-refractivity contribution in [2.75, 3.05) is 6.61 Å². The van der Waals surface area contributed by atoms with E-state index < -0.39 is 6.04 Å². The van der Waals surface area contributed by atoms with Gasteiger partial charge in [0.1, 0.15) is 6.04 Å². The van der Waals surface area contributed by atoms with Gasteiger partial charge >= 0.3 is 5.97 Å². The van der Waals surface area contributed by atoms with Gasteiger partial charge in [0, 0.05) is 5.02 Å². The normalized spacial score (nSPS) is 12.2. The minimum Gasteiger partial charge on any atom is -0.465 e. The number of benzene rings is 1. The van der Waals surface area contributed by atoms with Gasteiger partial charge in [-0.1, -0.05) is 29.8 Å². The van der Waals surface area contributed by atoms with Crippen LogP contribution in [0.15, 0.2) is 24.3 Å². The topological polar surface area (TPSA) is 52.3 Å². The van der Waals surface area contributed by atoms with Crippen LogP contribution in [0.4, 0.5) is 0 Å². The van der Waals surface area contributed by atoms with Gasteiger partial charge in [-0.3, -0.25) is 4.79 Å². The molecule has 1 rings (SSSR count). The van der Waals surface area contributed by atoms with Crippen LogP contribution in [0.5, 0.6) is 0 Å². The van der Waals surface area contributed by atoms with E-state index in [4.69, 9.17) is 22.1 Å². The van der Waals surface area contributed by atoms with Crippen LogP contribution < -0.4 is 5.73 Å². The van der Waals surface area contributed by atoms with E-state index in [9.17, 15) is 4.79 Å². The summed E-state index contributed by atoms with van der Waals surface area (Å²) in [6.07, 6.45) is 1.22. The molecule has 0 unspecified atom stereocenters. The van der Waals surface area contributed by atoms with Gasteiger partial charge in [0.05, 0.1) is 6.61 Å². The number of hydrogen-bond acceptors (Lipinski definition) is 3. The largest absolute Gasteiger partial charge is 0.465 e. The third kappa shape index (κ3) is 3.83. The second-order valence-electron chi connectivity index (χ2n) is 3.49. The van der Waals surface area contributed by atoms with Crippen molar-refractivity contribution < 1.29 is 9.53 Å². The second-order valence-corrected chi connectivity index (χ2v) is 3.90. The molecule has 1 aromatic rings. The summed E-state index contributed by atoms with van der Waals surface area (Å²) in [5.41, 5.74) is 6.69. The lowest BCUT2D eigenvalue weighted by atomic mass is 10.1. The second kappa shape index (κ2) is 6.51. The van der Waals surface area contributed by atoms with E-state index >= 15 is 0 Å². The van der Waals surface area contributed by atoms with Crippen molar-refractivity contribution in [1.29, 1.82) is 0 Å². The SMILES string of the molecule is CCOC(=O)[C@@H](N)CCc1ccccc1Cl. The summed E-state index contributed by atoms with van der Waals surface area (Å²) in [5.74, 6) is -0.352. The Hall–Kier alpha value is -1.06. The lowest BCUT2D eigenvalue weighted by molar-refractivity contribution is -0.144. The van der Waals surface area contributed by atoms with E-state index in [1.165, 1.54) is 0 Å². The van der Waals surface area contributed by atoms with Crippen LogP contribution in [0.1, 0.15) is 18.9 Å². The maximum Gasteiger partial charge on any atom is 0.322 e. The summed E-state index contributed by atoms with van der Waals surface area (Å²) >= 11 is 5.99. The maximum atomic E-state index is 11.3. The minimum absolute atomic E-state index is 0.352. The van der Waals surface area contributed by atoms with Crippen molar-refractivity contribution in [3.8, 4) is 0 Å². The van der Waals surface area contributed by atoms with Crippen molar-refractivity contribution in [2.45, 2.75) is 25.8 Å². The van der Waals surface area contributed by atoms with Gasteiger partial charge in [-0.25, -0.2) is 0 Å². The monoisotopic (exact) mass is 241 g/mol. The summed E-state index contributed by atoms with van der Waals surface area (Å²) < 4.78 is 4.83. The number of carbonyl (C=O) groups excluding carboxylic acids is 1. The third-order valence-corrected chi connectivity index (χ3v) is 2.64. The molecule has 0 fully saturated rings. The smallest absolute Gasteiger partial charge is 0.322 e. The van der Waals surface area contributed by atoms with E-state index in [0.29, 0.717) is 24.5 Å². The highest BCUT2D eigenvalue weighted by Gasteiger charge is 2.14. The third-order valence-electron chi connectivity index (χ3n) is 2.27. The molecular formula is C12H16ClNO2. The van der Waals surface area contributed by atoms with E-state index in [1.54, 1.807) is 6.92 Å². The van der Waals surface area contributed by atoms with Gasteiger partial charge in [-0.05, 0) is 31.4 Å². The standard InChI is InChI=1S/C12H16ClNO2/c1-2-16-12(15)11(14)8-7-9-5-3-4-6-10(9)13/h3-6,11H,2,7-8,14H2,1H3/t11-/m0/s1. The number of carbonyl (C=O) groups is 1. The highest BCUT2D eigenvalue weighted by Crippen LogP contribution is 2.17. The van der Waals surface area contributed by atoms with E-state index in [1.807, 2.05) is 24.3 Å². The minimum atomic E-state index is -0.573. The van der Waals surface area contributed by atoms with Crippen LogP contribution >= 0.6 is 11.6 Å². The summed E-state index contributed by atoms with van der Waals surface area (Å²) in [6, 6.07) is 6.97. The fraction of sp³-hybridized carbons (Fsp3) is 0.417. The van der Waals surface area contributed by atoms with Crippen LogP contribution in [0.2, 0.25) is 5.02 Å². The number of nitrogens with two attached hydrogens (primary N) is 1. The lowest BCUT2D eigenvalue weighted by Crippen LogP contribution is -2.32. The first-order valence-electron chi connectivity index (χ1n) is 5.30. The number of esters is 1. The predicted molar refractivity (Wildman–Crippen MR) is 64.4 cm³/mol. The van der Waals surface area contributed by atoms with Crippen molar-refractivity contribution in [3.05, 3.63) is 34.9 Å². The molecule has 1 aromatic carbocycles. The summed E-state index contributed by atoms with van der Waals surface area (Å²) in [5, 5.41) is 0.707. The molecule has 0 amide bonds. The number of hydrogen-bond donors (Lipinski definition) is 1. The average Bonchev–Trinajstić information content (AvgIpc) is 2.28. The Morgan fingerprint density at radius 1 is 1.50 bits per heavy atom. The summed E-state index contributed by atoms with van der Waals surface area (Å²) in [6.45, 7) is 2.12. The molecule has 0 aliphatic rings. The molecule has 0 spiro atoms. The Balaban J connectivity index is 2.46. The van der Waals surface area contributed by atoms with E-state index in [-0.39, 0.29) is 5.97 Å². The molecule has 88 valence electrons. The lowest BCUT2D eigenvalue weighted by Gasteiger charge is -2.10. The molecule has 1 atom stereocenters. The average molecular weight is 242 g/mol. The first kappa shape index (κ1) is 13.0. The van der Waals surface area contributed by atoms with Crippen LogP contribution in [0.3, 0.4) is 0 Å². The zero-order chi connectivity index (χ0) is 12.0. The molecule has 3 nitrogen and oxygen atoms in total. The number of rotatable bonds is 5. The number of halogens is 1. The molecule has 0 bridgehead atoms. The molecule has 16 heavy (non-hydrogen) atoms. The van der Waals surface area contributed by atoms with Gasteiger partial charge in [-0.15, -0.1) is 0 Å². The Morgan fingerprint density at radius 2 is 2.19 bits per heavy atom. The summed E-state index contributed by atoms with van der Waals surface area (Å²) in [7, 11) is 0. The van der Waals surface area contributed by atoms with Crippen molar-refractivity contribution in [1.82, 2.24) is 0 Å². The quantitative estimate of drug-likeness (QED) is 0.804. The molecule has 0 aromatic heterocycles. The summed E-state index contributed by atoms with van der Waals surface area (Å²) in [4.78, 5) is 11.3. The molecule has 0 saturated heterocycles. The molecule has 4 heteroatoms. The fourth-order valence-corrected chi connectivity index (χ4v) is 1.61. The zero-order valence-corrected chi connectivity index (χ0v) is 10.0. The zero-order valence-electron chi connectivity index (χ0n) is 9.28. The fourth-order valence-electron chi connectivity index (χ4n) is 1.38. The highest BCUT2D eigenvalue weighted by atomic mass is 35.5. The molecule has 0 aliphatic heterocycles. The van der Waals surface area contributed by atoms with Crippen LogP contribution in [-0.2, 0) is 16.0 Å². The van der Waals surface area contributed by atoms with Crippen molar-refractivity contribution >= 4 is 17.6 Å². The predicted octanol–water partition coefficient (Wildman–Crippen LogP) is 2.16. The molecule has 0 saturated carbocycles. The Kier molecular flexibility index (Phi) is 5.29. The molecular weight excluding hydrogens is 226 g/mol. The molecule has 0 radical (unpaired) electrons. The Bertz CT molecular complexity index is 355. The van der Waals surface area contributed by atoms with Crippen LogP contribution in [0, 0.1) is 0 Å². The van der Waals surface area contributed by atoms with E-state index in [2.05, 4.69) is 0 Å². The molecule has 2 N–H and O–H groups in total. The molecule has 0 heterocycles. The van der Waals surface area contributed by atoms with Crippen molar-refractivity contribution in [2.24, 2.45) is 5.73 Å². The first-order chi connectivity index (χ1) is 7.65.